The molecule has 0 amide bonds. The number of aromatic nitrogens is 4. The van der Waals surface area contributed by atoms with E-state index < -0.39 is 30.1 Å². The highest BCUT2D eigenvalue weighted by Gasteiger charge is 2.50. The number of carbonyl (C=O) groups excluding carboxylic acids is 1. The van der Waals surface area contributed by atoms with Crippen LogP contribution in [0.4, 0.5) is 24.9 Å². The largest absolute Gasteiger partial charge is 0.408 e. The number of anilines is 2. The number of nitrogens with zero attached hydrogens (tertiary/aromatic N) is 6. The molecule has 3 aliphatic rings. The fraction of sp³-hybridized carbons (Fsp3) is 0.600. The van der Waals surface area contributed by atoms with Crippen molar-refractivity contribution in [3.05, 3.63) is 34.4 Å². The van der Waals surface area contributed by atoms with Gasteiger partial charge in [-0.05, 0) is 19.4 Å². The van der Waals surface area contributed by atoms with Gasteiger partial charge < -0.3 is 14.5 Å². The number of carbonyl (C=O) groups is 1. The predicted molar refractivity (Wildman–Crippen MR) is 108 cm³/mol. The van der Waals surface area contributed by atoms with Crippen molar-refractivity contribution >= 4 is 17.5 Å². The van der Waals surface area contributed by atoms with Crippen molar-refractivity contribution in [3.63, 3.8) is 0 Å². The van der Waals surface area contributed by atoms with Crippen LogP contribution in [-0.2, 0) is 18.3 Å². The first-order valence-electron chi connectivity index (χ1n) is 10.4. The highest BCUT2D eigenvalue weighted by molar-refractivity contribution is 5.97. The Hall–Kier alpha value is -2.89. The topological polar surface area (TPSA) is 85.5 Å². The Bertz CT molecular complexity index is 1130. The van der Waals surface area contributed by atoms with Crippen LogP contribution in [0.2, 0.25) is 0 Å². The van der Waals surface area contributed by atoms with Crippen LogP contribution in [0.3, 0.4) is 0 Å². The van der Waals surface area contributed by atoms with Gasteiger partial charge in [-0.1, -0.05) is 0 Å². The molecule has 0 aromatic carbocycles. The van der Waals surface area contributed by atoms with Crippen LogP contribution in [0.5, 0.6) is 0 Å². The summed E-state index contributed by atoms with van der Waals surface area (Å²) >= 11 is 0. The van der Waals surface area contributed by atoms with Crippen LogP contribution in [0.25, 0.3) is 0 Å². The van der Waals surface area contributed by atoms with Crippen molar-refractivity contribution in [1.82, 2.24) is 19.3 Å². The first-order chi connectivity index (χ1) is 15.1. The lowest BCUT2D eigenvalue weighted by molar-refractivity contribution is -0.152. The molecule has 3 atom stereocenters. The van der Waals surface area contributed by atoms with Crippen molar-refractivity contribution in [3.8, 4) is 0 Å². The van der Waals surface area contributed by atoms with Crippen LogP contribution in [0.15, 0.2) is 23.1 Å². The molecule has 1 unspecified atom stereocenters. The molecule has 2 fully saturated rings. The smallest absolute Gasteiger partial charge is 0.371 e. The number of Topliss-reactive ketones (excluding diaryl/α,β-unsaturated/α-hetero) is 1. The minimum atomic E-state index is -4.58. The maximum Gasteiger partial charge on any atom is 0.408 e. The third kappa shape index (κ3) is 3.37. The van der Waals surface area contributed by atoms with Gasteiger partial charge in [-0.25, -0.2) is 0 Å². The van der Waals surface area contributed by atoms with E-state index in [0.717, 1.165) is 11.3 Å². The second kappa shape index (κ2) is 7.06. The quantitative estimate of drug-likeness (QED) is 0.648. The van der Waals surface area contributed by atoms with Gasteiger partial charge >= 0.3 is 6.18 Å². The van der Waals surface area contributed by atoms with Gasteiger partial charge in [0.25, 0.3) is 5.56 Å². The average molecular weight is 452 g/mol. The van der Waals surface area contributed by atoms with Crippen LogP contribution < -0.4 is 15.4 Å². The zero-order valence-electron chi connectivity index (χ0n) is 17.7. The van der Waals surface area contributed by atoms with Gasteiger partial charge in [0, 0.05) is 38.8 Å². The first-order valence-corrected chi connectivity index (χ1v) is 10.4. The summed E-state index contributed by atoms with van der Waals surface area (Å²) in [7, 11) is 1.55. The second-order valence-corrected chi connectivity index (χ2v) is 8.89. The number of alkyl halides is 3. The summed E-state index contributed by atoms with van der Waals surface area (Å²) in [4.78, 5) is 33.0. The van der Waals surface area contributed by atoms with E-state index in [1.807, 2.05) is 11.8 Å². The molecule has 0 radical (unpaired) electrons. The molecule has 2 saturated heterocycles. The van der Waals surface area contributed by atoms with E-state index in [9.17, 15) is 22.8 Å². The summed E-state index contributed by atoms with van der Waals surface area (Å²) in [5.74, 6) is -0.349. The maximum atomic E-state index is 13.9. The summed E-state index contributed by atoms with van der Waals surface area (Å²) in [6.45, 7) is 2.27. The van der Waals surface area contributed by atoms with E-state index in [2.05, 4.69) is 10.1 Å². The summed E-state index contributed by atoms with van der Waals surface area (Å²) in [5, 5.41) is 3.92. The standard InChI is InChI=1S/C20H23F3N6O3/c1-19-8-12(10-32-19)29(11-19)16-7-17(31)27-6-4-15(20(21,22)23)28(18(27)25-16)9-14(30)13-3-5-24-26(13)2/h3,5,7,12,15H,4,6,8-11H2,1-2H3/t12?,15-,19-/m0/s1. The highest BCUT2D eigenvalue weighted by Crippen LogP contribution is 2.40. The zero-order chi connectivity index (χ0) is 22.8. The number of ether oxygens (including phenoxy) is 1. The Morgan fingerprint density at radius 2 is 2.16 bits per heavy atom. The van der Waals surface area contributed by atoms with Crippen molar-refractivity contribution in [1.29, 1.82) is 0 Å². The molecule has 5 heterocycles. The number of aryl methyl sites for hydroxylation is 1. The van der Waals surface area contributed by atoms with Gasteiger partial charge in [0.05, 0.1) is 24.8 Å². The summed E-state index contributed by atoms with van der Waals surface area (Å²) < 4.78 is 50.0. The Labute approximate surface area is 181 Å². The van der Waals surface area contributed by atoms with E-state index in [4.69, 9.17) is 4.74 Å². The fourth-order valence-corrected chi connectivity index (χ4v) is 4.99. The van der Waals surface area contributed by atoms with Crippen LogP contribution >= 0.6 is 0 Å². The van der Waals surface area contributed by atoms with Crippen molar-refractivity contribution in [2.45, 2.75) is 50.2 Å². The zero-order valence-corrected chi connectivity index (χ0v) is 17.7. The summed E-state index contributed by atoms with van der Waals surface area (Å²) in [6, 6.07) is 0.912. The molecule has 5 rings (SSSR count). The lowest BCUT2D eigenvalue weighted by Gasteiger charge is -2.39. The lowest BCUT2D eigenvalue weighted by atomic mass is 10.1. The van der Waals surface area contributed by atoms with E-state index in [1.165, 1.54) is 27.6 Å². The van der Waals surface area contributed by atoms with Crippen molar-refractivity contribution in [2.75, 3.05) is 29.5 Å². The lowest BCUT2D eigenvalue weighted by Crippen LogP contribution is -2.54. The molecule has 2 aromatic rings. The van der Waals surface area contributed by atoms with Crippen LogP contribution in [0, 0.1) is 0 Å². The third-order valence-electron chi connectivity index (χ3n) is 6.56. The van der Waals surface area contributed by atoms with Gasteiger partial charge in [-0.2, -0.15) is 23.3 Å². The molecule has 0 N–H and O–H groups in total. The fourth-order valence-electron chi connectivity index (χ4n) is 4.99. The molecular formula is C20H23F3N6O3. The first kappa shape index (κ1) is 21.0. The van der Waals surface area contributed by atoms with E-state index in [-0.39, 0.29) is 36.3 Å². The molecule has 32 heavy (non-hydrogen) atoms. The molecule has 12 heteroatoms. The van der Waals surface area contributed by atoms with Gasteiger partial charge in [0.2, 0.25) is 5.95 Å². The number of halogens is 3. The minimum absolute atomic E-state index is 0.0153. The van der Waals surface area contributed by atoms with E-state index >= 15 is 0 Å². The average Bonchev–Trinajstić information content (AvgIpc) is 3.40. The molecule has 0 saturated carbocycles. The number of hydrogen-bond acceptors (Lipinski definition) is 7. The molecule has 0 aliphatic carbocycles. The molecule has 9 nitrogen and oxygen atoms in total. The Balaban J connectivity index is 1.55. The van der Waals surface area contributed by atoms with Crippen molar-refractivity contribution < 1.29 is 22.7 Å². The summed E-state index contributed by atoms with van der Waals surface area (Å²) in [6.07, 6.45) is -2.75. The molecule has 3 aliphatic heterocycles. The maximum absolute atomic E-state index is 13.9. The second-order valence-electron chi connectivity index (χ2n) is 8.89. The van der Waals surface area contributed by atoms with Gasteiger partial charge in [-0.15, -0.1) is 0 Å². The van der Waals surface area contributed by atoms with Gasteiger partial charge in [-0.3, -0.25) is 18.8 Å². The normalized spacial score (nSPS) is 27.2. The number of hydrogen-bond donors (Lipinski definition) is 0. The number of fused-ring (bicyclic) bond motifs is 3. The number of rotatable bonds is 4. The van der Waals surface area contributed by atoms with E-state index in [1.54, 1.807) is 7.05 Å². The highest BCUT2D eigenvalue weighted by atomic mass is 19.4. The Morgan fingerprint density at radius 3 is 2.75 bits per heavy atom. The molecule has 0 spiro atoms. The third-order valence-corrected chi connectivity index (χ3v) is 6.56. The van der Waals surface area contributed by atoms with Gasteiger partial charge in [0.1, 0.15) is 17.6 Å². The molecule has 2 aromatic heterocycles. The Morgan fingerprint density at radius 1 is 1.38 bits per heavy atom. The molecular weight excluding hydrogens is 429 g/mol. The van der Waals surface area contributed by atoms with E-state index in [0.29, 0.717) is 19.0 Å². The molecule has 172 valence electrons. The Kier molecular flexibility index (Phi) is 4.63. The summed E-state index contributed by atoms with van der Waals surface area (Å²) in [5.41, 5.74) is -0.608. The SMILES string of the molecule is Cn1nccc1C(=O)CN1c2nc(N3C[C@]4(C)CC3CO4)cc(=O)n2CC[C@H]1C(F)(F)F. The monoisotopic (exact) mass is 452 g/mol. The predicted octanol–water partition coefficient (Wildman–Crippen LogP) is 1.37. The number of morpholine rings is 1. The number of ketones is 1. The molecule has 2 bridgehead atoms. The van der Waals surface area contributed by atoms with Crippen LogP contribution in [0.1, 0.15) is 30.3 Å². The van der Waals surface area contributed by atoms with Gasteiger partial charge in [0.15, 0.2) is 5.78 Å². The van der Waals surface area contributed by atoms with Crippen LogP contribution in [-0.4, -0.2) is 68.7 Å². The van der Waals surface area contributed by atoms with Crippen molar-refractivity contribution in [2.24, 2.45) is 7.05 Å². The minimum Gasteiger partial charge on any atom is -0.371 e.